The number of nitrogens with one attached hydrogen (secondary N) is 1. The van der Waals surface area contributed by atoms with Gasteiger partial charge in [0.1, 0.15) is 5.82 Å². The summed E-state index contributed by atoms with van der Waals surface area (Å²) in [4.78, 5) is 12.2. The molecular weight excluding hydrogens is 265 g/mol. The lowest BCUT2D eigenvalue weighted by Gasteiger charge is -2.15. The molecule has 1 N–H and O–H groups in total. The van der Waals surface area contributed by atoms with Crippen LogP contribution in [-0.2, 0) is 4.79 Å². The lowest BCUT2D eigenvalue weighted by molar-refractivity contribution is -0.122. The van der Waals surface area contributed by atoms with Crippen LogP contribution < -0.4 is 5.32 Å². The molecule has 116 valence electrons. The van der Waals surface area contributed by atoms with Crippen LogP contribution in [0.25, 0.3) is 0 Å². The molecule has 1 aliphatic rings. The summed E-state index contributed by atoms with van der Waals surface area (Å²) in [5.41, 5.74) is 0.690. The van der Waals surface area contributed by atoms with Crippen molar-refractivity contribution in [2.24, 2.45) is 11.8 Å². The first kappa shape index (κ1) is 16.0. The normalized spacial score (nSPS) is 21.9. The molecule has 0 radical (unpaired) electrons. The fourth-order valence-electron chi connectivity index (χ4n) is 2.92. The standard InChI is InChI=1S/C18H26FNO/c1-3-5-8-13(4-2)12-20-18(21)16-11-15(16)14-9-6-7-10-17(14)19/h6-7,9-10,13,15-16H,3-5,8,11-12H2,1-2H3,(H,20,21). The molecule has 3 unspecified atom stereocenters. The molecule has 21 heavy (non-hydrogen) atoms. The maximum atomic E-state index is 13.7. The highest BCUT2D eigenvalue weighted by molar-refractivity contribution is 5.82. The summed E-state index contributed by atoms with van der Waals surface area (Å²) < 4.78 is 13.7. The largest absolute Gasteiger partial charge is 0.356 e. The van der Waals surface area contributed by atoms with Gasteiger partial charge >= 0.3 is 0 Å². The van der Waals surface area contributed by atoms with E-state index in [4.69, 9.17) is 0 Å². The van der Waals surface area contributed by atoms with Crippen LogP contribution >= 0.6 is 0 Å². The van der Waals surface area contributed by atoms with Crippen molar-refractivity contribution in [2.75, 3.05) is 6.54 Å². The molecule has 2 nitrogen and oxygen atoms in total. The fraction of sp³-hybridized carbons (Fsp3) is 0.611. The van der Waals surface area contributed by atoms with Crippen LogP contribution in [0.15, 0.2) is 24.3 Å². The van der Waals surface area contributed by atoms with E-state index in [1.807, 2.05) is 6.07 Å². The second kappa shape index (κ2) is 7.58. The second-order valence-electron chi connectivity index (χ2n) is 6.13. The molecule has 1 fully saturated rings. The van der Waals surface area contributed by atoms with E-state index in [2.05, 4.69) is 19.2 Å². The third-order valence-corrected chi connectivity index (χ3v) is 4.54. The highest BCUT2D eigenvalue weighted by atomic mass is 19.1. The van der Waals surface area contributed by atoms with Gasteiger partial charge in [0, 0.05) is 12.5 Å². The Hall–Kier alpha value is -1.38. The molecule has 1 aliphatic carbocycles. The van der Waals surface area contributed by atoms with Crippen LogP contribution in [-0.4, -0.2) is 12.5 Å². The second-order valence-corrected chi connectivity index (χ2v) is 6.13. The molecule has 0 saturated heterocycles. The van der Waals surface area contributed by atoms with Gasteiger partial charge < -0.3 is 5.32 Å². The van der Waals surface area contributed by atoms with Crippen molar-refractivity contribution in [3.05, 3.63) is 35.6 Å². The van der Waals surface area contributed by atoms with E-state index in [0.29, 0.717) is 11.5 Å². The highest BCUT2D eigenvalue weighted by Gasteiger charge is 2.44. The van der Waals surface area contributed by atoms with E-state index in [1.54, 1.807) is 12.1 Å². The summed E-state index contributed by atoms with van der Waals surface area (Å²) in [6.07, 6.45) is 5.47. The van der Waals surface area contributed by atoms with Gasteiger partial charge in [0.2, 0.25) is 5.91 Å². The predicted molar refractivity (Wildman–Crippen MR) is 83.6 cm³/mol. The molecule has 0 spiro atoms. The maximum Gasteiger partial charge on any atom is 0.223 e. The van der Waals surface area contributed by atoms with Crippen molar-refractivity contribution in [2.45, 2.75) is 51.9 Å². The smallest absolute Gasteiger partial charge is 0.223 e. The van der Waals surface area contributed by atoms with E-state index in [1.165, 1.54) is 25.3 Å². The van der Waals surface area contributed by atoms with Crippen LogP contribution in [0.2, 0.25) is 0 Å². The highest BCUT2D eigenvalue weighted by Crippen LogP contribution is 2.48. The van der Waals surface area contributed by atoms with Gasteiger partial charge in [-0.15, -0.1) is 0 Å². The fourth-order valence-corrected chi connectivity index (χ4v) is 2.92. The van der Waals surface area contributed by atoms with Crippen LogP contribution in [0.4, 0.5) is 4.39 Å². The number of carbonyl (C=O) groups is 1. The number of amides is 1. The average Bonchev–Trinajstić information content (AvgIpc) is 3.28. The van der Waals surface area contributed by atoms with Gasteiger partial charge in [-0.1, -0.05) is 51.3 Å². The van der Waals surface area contributed by atoms with Crippen LogP contribution in [0.3, 0.4) is 0 Å². The zero-order valence-corrected chi connectivity index (χ0v) is 13.1. The molecule has 0 bridgehead atoms. The van der Waals surface area contributed by atoms with E-state index in [9.17, 15) is 9.18 Å². The molecule has 0 aromatic heterocycles. The number of carbonyl (C=O) groups excluding carboxylic acids is 1. The van der Waals surface area contributed by atoms with Crippen molar-refractivity contribution >= 4 is 5.91 Å². The maximum absolute atomic E-state index is 13.7. The molecule has 0 heterocycles. The van der Waals surface area contributed by atoms with E-state index >= 15 is 0 Å². The van der Waals surface area contributed by atoms with E-state index < -0.39 is 0 Å². The number of rotatable bonds is 8. The van der Waals surface area contributed by atoms with Gasteiger partial charge in [-0.05, 0) is 36.3 Å². The Morgan fingerprint density at radius 1 is 1.38 bits per heavy atom. The lowest BCUT2D eigenvalue weighted by atomic mass is 9.99. The van der Waals surface area contributed by atoms with Gasteiger partial charge in [-0.25, -0.2) is 4.39 Å². The van der Waals surface area contributed by atoms with Crippen LogP contribution in [0.5, 0.6) is 0 Å². The van der Waals surface area contributed by atoms with Crippen molar-refractivity contribution in [3.8, 4) is 0 Å². The molecule has 0 aliphatic heterocycles. The van der Waals surface area contributed by atoms with Crippen molar-refractivity contribution in [1.82, 2.24) is 5.32 Å². The molecule has 3 atom stereocenters. The SMILES string of the molecule is CCCCC(CC)CNC(=O)C1CC1c1ccccc1F. The predicted octanol–water partition coefficient (Wildman–Crippen LogP) is 4.26. The molecule has 1 saturated carbocycles. The van der Waals surface area contributed by atoms with Crippen molar-refractivity contribution < 1.29 is 9.18 Å². The molecular formula is C18H26FNO. The molecule has 1 amide bonds. The molecule has 3 heteroatoms. The third-order valence-electron chi connectivity index (χ3n) is 4.54. The first-order valence-corrected chi connectivity index (χ1v) is 8.19. The summed E-state index contributed by atoms with van der Waals surface area (Å²) in [5.74, 6) is 0.512. The van der Waals surface area contributed by atoms with Gasteiger partial charge in [0.25, 0.3) is 0 Å². The first-order valence-electron chi connectivity index (χ1n) is 8.19. The van der Waals surface area contributed by atoms with E-state index in [0.717, 1.165) is 19.4 Å². The minimum absolute atomic E-state index is 0.0365. The molecule has 2 rings (SSSR count). The lowest BCUT2D eigenvalue weighted by Crippen LogP contribution is -2.30. The third kappa shape index (κ3) is 4.29. The Morgan fingerprint density at radius 3 is 2.81 bits per heavy atom. The topological polar surface area (TPSA) is 29.1 Å². The van der Waals surface area contributed by atoms with Crippen molar-refractivity contribution in [1.29, 1.82) is 0 Å². The van der Waals surface area contributed by atoms with Crippen LogP contribution in [0, 0.1) is 17.7 Å². The number of benzene rings is 1. The quantitative estimate of drug-likeness (QED) is 0.761. The molecule has 1 aromatic carbocycles. The van der Waals surface area contributed by atoms with Gasteiger partial charge in [0.15, 0.2) is 0 Å². The minimum Gasteiger partial charge on any atom is -0.356 e. The summed E-state index contributed by atoms with van der Waals surface area (Å²) in [6.45, 7) is 5.12. The average molecular weight is 291 g/mol. The summed E-state index contributed by atoms with van der Waals surface area (Å²) in [5, 5.41) is 3.06. The first-order chi connectivity index (χ1) is 10.2. The molecule has 1 aromatic rings. The Morgan fingerprint density at radius 2 is 2.14 bits per heavy atom. The minimum atomic E-state index is -0.188. The number of hydrogen-bond acceptors (Lipinski definition) is 1. The van der Waals surface area contributed by atoms with Crippen molar-refractivity contribution in [3.63, 3.8) is 0 Å². The number of unbranched alkanes of at least 4 members (excludes halogenated alkanes) is 1. The van der Waals surface area contributed by atoms with E-state index in [-0.39, 0.29) is 23.6 Å². The van der Waals surface area contributed by atoms with Crippen LogP contribution in [0.1, 0.15) is 57.4 Å². The number of halogens is 1. The Bertz CT molecular complexity index is 474. The Balaban J connectivity index is 1.79. The monoisotopic (exact) mass is 291 g/mol. The Labute approximate surface area is 127 Å². The Kier molecular flexibility index (Phi) is 5.77. The summed E-state index contributed by atoms with van der Waals surface area (Å²) >= 11 is 0. The number of hydrogen-bond donors (Lipinski definition) is 1. The summed E-state index contributed by atoms with van der Waals surface area (Å²) in [6, 6.07) is 6.79. The van der Waals surface area contributed by atoms with Gasteiger partial charge in [-0.3, -0.25) is 4.79 Å². The zero-order valence-electron chi connectivity index (χ0n) is 13.1. The van der Waals surface area contributed by atoms with Gasteiger partial charge in [0.05, 0.1) is 0 Å². The zero-order chi connectivity index (χ0) is 15.2. The summed E-state index contributed by atoms with van der Waals surface area (Å²) in [7, 11) is 0. The van der Waals surface area contributed by atoms with Gasteiger partial charge in [-0.2, -0.15) is 0 Å².